The standard InChI is InChI=1S/C13H25N3/c1-13(2,7-4-8-14)11-15-12-5-9-16(3)10-6-12/h12,15H,4-7,9-11H2,1-3H3. The third-order valence-electron chi connectivity index (χ3n) is 3.50. The first-order valence-electron chi connectivity index (χ1n) is 6.32. The Kier molecular flexibility index (Phi) is 5.24. The number of hydrogen-bond donors (Lipinski definition) is 1. The first-order chi connectivity index (χ1) is 7.53. The van der Waals surface area contributed by atoms with Crippen molar-refractivity contribution in [3.63, 3.8) is 0 Å². The summed E-state index contributed by atoms with van der Waals surface area (Å²) in [7, 11) is 2.19. The second-order valence-corrected chi connectivity index (χ2v) is 5.78. The summed E-state index contributed by atoms with van der Waals surface area (Å²) in [6, 6.07) is 2.91. The van der Waals surface area contributed by atoms with E-state index < -0.39 is 0 Å². The largest absolute Gasteiger partial charge is 0.313 e. The average Bonchev–Trinajstić information content (AvgIpc) is 2.26. The maximum absolute atomic E-state index is 8.60. The zero-order valence-electron chi connectivity index (χ0n) is 10.9. The SMILES string of the molecule is CN1CCC(NCC(C)(C)CCC#N)CC1. The van der Waals surface area contributed by atoms with Crippen molar-refractivity contribution in [1.29, 1.82) is 5.26 Å². The molecule has 1 saturated heterocycles. The molecule has 0 unspecified atom stereocenters. The Morgan fingerprint density at radius 2 is 2.00 bits per heavy atom. The highest BCUT2D eigenvalue weighted by molar-refractivity contribution is 4.82. The molecule has 0 atom stereocenters. The van der Waals surface area contributed by atoms with Crippen LogP contribution in [-0.4, -0.2) is 37.6 Å². The fourth-order valence-corrected chi connectivity index (χ4v) is 2.12. The monoisotopic (exact) mass is 223 g/mol. The van der Waals surface area contributed by atoms with Gasteiger partial charge in [-0.2, -0.15) is 5.26 Å². The first-order valence-corrected chi connectivity index (χ1v) is 6.32. The Bertz CT molecular complexity index is 234. The minimum Gasteiger partial charge on any atom is -0.313 e. The van der Waals surface area contributed by atoms with Gasteiger partial charge in [-0.05, 0) is 44.8 Å². The maximum Gasteiger partial charge on any atom is 0.0621 e. The lowest BCUT2D eigenvalue weighted by Crippen LogP contribution is -2.44. The van der Waals surface area contributed by atoms with Gasteiger partial charge >= 0.3 is 0 Å². The van der Waals surface area contributed by atoms with Crippen molar-refractivity contribution in [2.24, 2.45) is 5.41 Å². The number of rotatable bonds is 5. The summed E-state index contributed by atoms with van der Waals surface area (Å²) >= 11 is 0. The summed E-state index contributed by atoms with van der Waals surface area (Å²) in [5.41, 5.74) is 0.249. The molecule has 0 radical (unpaired) electrons. The molecule has 0 aliphatic carbocycles. The third-order valence-corrected chi connectivity index (χ3v) is 3.50. The number of piperidine rings is 1. The molecule has 0 aromatic heterocycles. The van der Waals surface area contributed by atoms with E-state index in [4.69, 9.17) is 5.26 Å². The van der Waals surface area contributed by atoms with Gasteiger partial charge in [-0.3, -0.25) is 0 Å². The van der Waals surface area contributed by atoms with Crippen molar-refractivity contribution in [2.45, 2.75) is 45.6 Å². The molecule has 1 aliphatic heterocycles. The van der Waals surface area contributed by atoms with Crippen molar-refractivity contribution in [2.75, 3.05) is 26.7 Å². The van der Waals surface area contributed by atoms with Gasteiger partial charge in [-0.25, -0.2) is 0 Å². The number of nitrogens with zero attached hydrogens (tertiary/aromatic N) is 2. The van der Waals surface area contributed by atoms with Crippen molar-refractivity contribution < 1.29 is 0 Å². The summed E-state index contributed by atoms with van der Waals surface area (Å²) in [5.74, 6) is 0. The zero-order chi connectivity index (χ0) is 12.0. The van der Waals surface area contributed by atoms with Crippen LogP contribution >= 0.6 is 0 Å². The normalized spacial score (nSPS) is 19.6. The highest BCUT2D eigenvalue weighted by Gasteiger charge is 2.21. The average molecular weight is 223 g/mol. The molecule has 0 spiro atoms. The lowest BCUT2D eigenvalue weighted by atomic mass is 9.87. The number of nitrogens with one attached hydrogen (secondary N) is 1. The van der Waals surface area contributed by atoms with Gasteiger partial charge in [0.15, 0.2) is 0 Å². The van der Waals surface area contributed by atoms with Gasteiger partial charge in [-0.15, -0.1) is 0 Å². The third kappa shape index (κ3) is 4.96. The smallest absolute Gasteiger partial charge is 0.0621 e. The van der Waals surface area contributed by atoms with Gasteiger partial charge in [0.05, 0.1) is 6.07 Å². The van der Waals surface area contributed by atoms with Gasteiger partial charge in [0.1, 0.15) is 0 Å². The Morgan fingerprint density at radius 1 is 1.38 bits per heavy atom. The molecule has 1 heterocycles. The Labute approximate surface area is 99.8 Å². The topological polar surface area (TPSA) is 39.1 Å². The van der Waals surface area contributed by atoms with Gasteiger partial charge in [-0.1, -0.05) is 13.8 Å². The van der Waals surface area contributed by atoms with E-state index in [1.807, 2.05) is 0 Å². The lowest BCUT2D eigenvalue weighted by molar-refractivity contribution is 0.214. The number of nitriles is 1. The van der Waals surface area contributed by atoms with E-state index in [2.05, 4.69) is 37.2 Å². The van der Waals surface area contributed by atoms with E-state index in [9.17, 15) is 0 Å². The van der Waals surface area contributed by atoms with Crippen LogP contribution in [0.25, 0.3) is 0 Å². The van der Waals surface area contributed by atoms with Crippen LogP contribution < -0.4 is 5.32 Å². The van der Waals surface area contributed by atoms with Crippen LogP contribution in [0.1, 0.15) is 39.5 Å². The Morgan fingerprint density at radius 3 is 2.56 bits per heavy atom. The van der Waals surface area contributed by atoms with E-state index in [0.29, 0.717) is 12.5 Å². The second kappa shape index (κ2) is 6.22. The van der Waals surface area contributed by atoms with Gasteiger partial charge < -0.3 is 10.2 Å². The van der Waals surface area contributed by atoms with Crippen LogP contribution in [-0.2, 0) is 0 Å². The molecule has 0 bridgehead atoms. The molecule has 92 valence electrons. The summed E-state index contributed by atoms with van der Waals surface area (Å²) in [4.78, 5) is 2.39. The fraction of sp³-hybridized carbons (Fsp3) is 0.923. The molecular formula is C13H25N3. The molecule has 1 rings (SSSR count). The van der Waals surface area contributed by atoms with Crippen LogP contribution in [0.15, 0.2) is 0 Å². The molecule has 3 heteroatoms. The quantitative estimate of drug-likeness (QED) is 0.775. The molecular weight excluding hydrogens is 198 g/mol. The summed E-state index contributed by atoms with van der Waals surface area (Å²) < 4.78 is 0. The Balaban J connectivity index is 2.20. The van der Waals surface area contributed by atoms with Crippen LogP contribution in [0.3, 0.4) is 0 Å². The molecule has 1 N–H and O–H groups in total. The number of likely N-dealkylation sites (tertiary alicyclic amines) is 1. The van der Waals surface area contributed by atoms with Crippen molar-refractivity contribution in [3.05, 3.63) is 0 Å². The van der Waals surface area contributed by atoms with Gasteiger partial charge in [0.2, 0.25) is 0 Å². The first kappa shape index (κ1) is 13.5. The molecule has 16 heavy (non-hydrogen) atoms. The van der Waals surface area contributed by atoms with E-state index in [-0.39, 0.29) is 5.41 Å². The Hall–Kier alpha value is -0.590. The molecule has 0 saturated carbocycles. The lowest BCUT2D eigenvalue weighted by Gasteiger charge is -2.33. The van der Waals surface area contributed by atoms with E-state index in [1.54, 1.807) is 0 Å². The molecule has 1 aliphatic rings. The predicted molar refractivity (Wildman–Crippen MR) is 67.1 cm³/mol. The highest BCUT2D eigenvalue weighted by Crippen LogP contribution is 2.21. The van der Waals surface area contributed by atoms with Crippen molar-refractivity contribution >= 4 is 0 Å². The highest BCUT2D eigenvalue weighted by atomic mass is 15.1. The van der Waals surface area contributed by atoms with E-state index in [0.717, 1.165) is 13.0 Å². The van der Waals surface area contributed by atoms with Crippen LogP contribution in [0.2, 0.25) is 0 Å². The van der Waals surface area contributed by atoms with Crippen molar-refractivity contribution in [3.8, 4) is 6.07 Å². The van der Waals surface area contributed by atoms with Crippen LogP contribution in [0.5, 0.6) is 0 Å². The minimum atomic E-state index is 0.249. The van der Waals surface area contributed by atoms with Crippen molar-refractivity contribution in [1.82, 2.24) is 10.2 Å². The van der Waals surface area contributed by atoms with E-state index in [1.165, 1.54) is 25.9 Å². The van der Waals surface area contributed by atoms with Gasteiger partial charge in [0.25, 0.3) is 0 Å². The molecule has 0 aromatic rings. The van der Waals surface area contributed by atoms with E-state index >= 15 is 0 Å². The fourth-order valence-electron chi connectivity index (χ4n) is 2.12. The zero-order valence-corrected chi connectivity index (χ0v) is 10.9. The number of hydrogen-bond acceptors (Lipinski definition) is 3. The van der Waals surface area contributed by atoms with Gasteiger partial charge in [0, 0.05) is 19.0 Å². The summed E-state index contributed by atoms with van der Waals surface area (Å²) in [6.07, 6.45) is 4.17. The molecule has 1 fully saturated rings. The summed E-state index contributed by atoms with van der Waals surface area (Å²) in [5, 5.41) is 12.3. The second-order valence-electron chi connectivity index (χ2n) is 5.78. The van der Waals surface area contributed by atoms with Crippen LogP contribution in [0.4, 0.5) is 0 Å². The summed E-state index contributed by atoms with van der Waals surface area (Å²) in [6.45, 7) is 7.92. The predicted octanol–water partition coefficient (Wildman–Crippen LogP) is 2.00. The van der Waals surface area contributed by atoms with Crippen LogP contribution in [0, 0.1) is 16.7 Å². The molecule has 3 nitrogen and oxygen atoms in total. The molecule has 0 amide bonds. The maximum atomic E-state index is 8.60. The molecule has 0 aromatic carbocycles. The minimum absolute atomic E-state index is 0.249.